The number of Topliss-reactive ketones (excluding diaryl/α,β-unsaturated/α-hetero) is 1. The molecule has 0 spiro atoms. The van der Waals surface area contributed by atoms with Gasteiger partial charge in [-0.1, -0.05) is 75.1 Å². The van der Waals surface area contributed by atoms with Gasteiger partial charge < -0.3 is 31.3 Å². The molecule has 6 N–H and O–H groups in total. The van der Waals surface area contributed by atoms with Crippen molar-refractivity contribution >= 4 is 51.3 Å². The van der Waals surface area contributed by atoms with Crippen LogP contribution < -0.4 is 26.0 Å². The van der Waals surface area contributed by atoms with Crippen LogP contribution in [0.2, 0.25) is 0 Å². The first-order valence-corrected chi connectivity index (χ1v) is 21.2. The molecule has 5 rings (SSSR count). The van der Waals surface area contributed by atoms with Crippen LogP contribution in [0.4, 0.5) is 0 Å². The van der Waals surface area contributed by atoms with E-state index in [1.165, 1.54) is 23.1 Å². The molecule has 0 aromatic heterocycles. The van der Waals surface area contributed by atoms with Crippen molar-refractivity contribution in [3.63, 3.8) is 0 Å². The van der Waals surface area contributed by atoms with E-state index < -0.39 is 82.2 Å². The summed E-state index contributed by atoms with van der Waals surface area (Å²) in [5.41, 5.74) is 1.09. The molecule has 1 saturated heterocycles. The minimum atomic E-state index is -4.09. The molecule has 2 aliphatic heterocycles. The first kappa shape index (κ1) is 43.0. The third-order valence-electron chi connectivity index (χ3n) is 10.8. The number of hydrogen-bond acceptors (Lipinski definition) is 9. The van der Waals surface area contributed by atoms with E-state index in [2.05, 4.69) is 26.0 Å². The highest BCUT2D eigenvalue weighted by Crippen LogP contribution is 2.30. The van der Waals surface area contributed by atoms with Gasteiger partial charge in [0.2, 0.25) is 39.4 Å². The lowest BCUT2D eigenvalue weighted by atomic mass is 9.83. The number of amides is 5. The van der Waals surface area contributed by atoms with Gasteiger partial charge in [0.05, 0.1) is 17.5 Å². The Hall–Kier alpha value is -5.16. The molecule has 5 atom stereocenters. The highest BCUT2D eigenvalue weighted by atomic mass is 32.2. The number of carbonyl (C=O) groups is 7. The van der Waals surface area contributed by atoms with Crippen LogP contribution in [0.15, 0.2) is 59.5 Å². The summed E-state index contributed by atoms with van der Waals surface area (Å²) in [6.45, 7) is 0.822. The second-order valence-electron chi connectivity index (χ2n) is 15.0. The molecule has 2 aromatic rings. The van der Waals surface area contributed by atoms with E-state index in [1.54, 1.807) is 37.3 Å². The summed E-state index contributed by atoms with van der Waals surface area (Å²) in [6.07, 6.45) is 6.21. The molecule has 5 amide bonds. The van der Waals surface area contributed by atoms with Crippen LogP contribution in [0.25, 0.3) is 0 Å². The third-order valence-corrected chi connectivity index (χ3v) is 12.3. The number of aliphatic carboxylic acids is 1. The monoisotopic (exact) mass is 808 g/mol. The zero-order valence-electron chi connectivity index (χ0n) is 32.0. The number of aryl methyl sites for hydroxylation is 1. The van der Waals surface area contributed by atoms with Crippen LogP contribution in [-0.2, 0) is 50.0 Å². The summed E-state index contributed by atoms with van der Waals surface area (Å²) in [4.78, 5) is 94.1. The van der Waals surface area contributed by atoms with Crippen molar-refractivity contribution in [3.05, 3.63) is 65.7 Å². The quantitative estimate of drug-likeness (QED) is 0.170. The number of fused-ring (bicyclic) bond motifs is 4. The minimum absolute atomic E-state index is 0.0209. The molecule has 2 fully saturated rings. The topological polar surface area (TPSA) is 237 Å². The summed E-state index contributed by atoms with van der Waals surface area (Å²) in [6, 6.07) is 8.53. The molecular formula is C40H52N6O10S. The number of hydrogen-bond donors (Lipinski definition) is 6. The molecule has 2 heterocycles. The Labute approximate surface area is 332 Å². The number of benzene rings is 2. The zero-order chi connectivity index (χ0) is 41.1. The number of nitrogens with zero attached hydrogens (tertiary/aromatic N) is 1. The van der Waals surface area contributed by atoms with Gasteiger partial charge in [0.15, 0.2) is 6.04 Å². The van der Waals surface area contributed by atoms with Gasteiger partial charge in [-0.25, -0.2) is 17.9 Å². The maximum absolute atomic E-state index is 14.5. The first-order chi connectivity index (χ1) is 27.3. The zero-order valence-corrected chi connectivity index (χ0v) is 32.9. The van der Waals surface area contributed by atoms with E-state index in [4.69, 9.17) is 0 Å². The van der Waals surface area contributed by atoms with E-state index in [9.17, 15) is 47.1 Å². The molecule has 2 aromatic carbocycles. The van der Waals surface area contributed by atoms with Crippen LogP contribution in [0.5, 0.6) is 0 Å². The summed E-state index contributed by atoms with van der Waals surface area (Å²) < 4.78 is 29.9. The van der Waals surface area contributed by atoms with Crippen molar-refractivity contribution in [3.8, 4) is 0 Å². The molecule has 308 valence electrons. The van der Waals surface area contributed by atoms with E-state index in [-0.39, 0.29) is 42.5 Å². The van der Waals surface area contributed by atoms with E-state index in [0.29, 0.717) is 44.1 Å². The predicted molar refractivity (Wildman–Crippen MR) is 207 cm³/mol. The summed E-state index contributed by atoms with van der Waals surface area (Å²) in [7, 11) is -4.09. The second kappa shape index (κ2) is 19.8. The Balaban J connectivity index is 1.34. The minimum Gasteiger partial charge on any atom is -0.479 e. The van der Waals surface area contributed by atoms with Crippen molar-refractivity contribution in [1.82, 2.24) is 30.9 Å². The number of carboxylic acid groups (broad SMARTS) is 1. The van der Waals surface area contributed by atoms with Crippen LogP contribution in [0.3, 0.4) is 0 Å². The Morgan fingerprint density at radius 3 is 2.33 bits per heavy atom. The van der Waals surface area contributed by atoms with Crippen molar-refractivity contribution in [1.29, 1.82) is 0 Å². The molecule has 3 aliphatic rings. The summed E-state index contributed by atoms with van der Waals surface area (Å²) in [5, 5.41) is 19.7. The van der Waals surface area contributed by atoms with E-state index in [1.807, 2.05) is 6.07 Å². The average molecular weight is 809 g/mol. The molecule has 17 heteroatoms. The standard InChI is InChI=1S/C40H52N6O10S/c1-2-12-30(36(49)38(51)41-23-33(48)44-35(40(53)54)27-17-7-4-8-18-27)42-37(50)31-22-28-24-46(31)39(52)34(26-15-5-3-6-16-26)43-32(47)20-10-9-13-25-14-11-19-29(21-25)57(55,56)45-28/h4,7-8,11,14,17-19,21,26,28,30-31,34-35,45H,2-3,5-6,9-10,12-13,15-16,20,22-24H2,1H3,(H,41,51)(H,42,50)(H,43,47)(H,44,48)(H,53,54)/t28-,30?,31?,34?,35+/m1/s1. The van der Waals surface area contributed by atoms with Gasteiger partial charge in [0, 0.05) is 19.0 Å². The van der Waals surface area contributed by atoms with Crippen LogP contribution >= 0.6 is 0 Å². The summed E-state index contributed by atoms with van der Waals surface area (Å²) in [5.74, 6) is -6.26. The fraction of sp³-hybridized carbons (Fsp3) is 0.525. The SMILES string of the molecule is CCCC(NC(=O)C1C[C@@H]2CN1C(=O)C(C1CCCCC1)NC(=O)CCCCc1cccc(c1)S(=O)(=O)N2)C(=O)C(=O)NCC(=O)N[C@H](C(=O)O)c1ccccc1. The van der Waals surface area contributed by atoms with Gasteiger partial charge in [-0.05, 0) is 74.1 Å². The van der Waals surface area contributed by atoms with E-state index in [0.717, 1.165) is 24.8 Å². The molecule has 1 saturated carbocycles. The lowest BCUT2D eigenvalue weighted by Crippen LogP contribution is -2.58. The Kier molecular flexibility index (Phi) is 14.9. The largest absolute Gasteiger partial charge is 0.479 e. The predicted octanol–water partition coefficient (Wildman–Crippen LogP) is 1.64. The highest BCUT2D eigenvalue weighted by Gasteiger charge is 2.46. The fourth-order valence-electron chi connectivity index (χ4n) is 7.83. The van der Waals surface area contributed by atoms with Crippen molar-refractivity contribution in [2.75, 3.05) is 13.1 Å². The van der Waals surface area contributed by atoms with Crippen LogP contribution in [-0.4, -0.2) is 97.0 Å². The second-order valence-corrected chi connectivity index (χ2v) is 16.7. The maximum atomic E-state index is 14.5. The highest BCUT2D eigenvalue weighted by molar-refractivity contribution is 7.89. The molecule has 0 radical (unpaired) electrons. The third kappa shape index (κ3) is 11.5. The average Bonchev–Trinajstić information content (AvgIpc) is 3.62. The smallest absolute Gasteiger partial charge is 0.330 e. The number of rotatable bonds is 12. The normalized spacial score (nSPS) is 22.7. The van der Waals surface area contributed by atoms with Gasteiger partial charge in [-0.3, -0.25) is 28.8 Å². The maximum Gasteiger partial charge on any atom is 0.330 e. The summed E-state index contributed by atoms with van der Waals surface area (Å²) >= 11 is 0. The van der Waals surface area contributed by atoms with Gasteiger partial charge in [-0.15, -0.1) is 0 Å². The van der Waals surface area contributed by atoms with Crippen molar-refractivity contribution in [2.45, 2.75) is 119 Å². The first-order valence-electron chi connectivity index (χ1n) is 19.7. The lowest BCUT2D eigenvalue weighted by molar-refractivity contribution is -0.144. The molecule has 16 nitrogen and oxygen atoms in total. The van der Waals surface area contributed by atoms with Gasteiger partial charge in [0.25, 0.3) is 5.91 Å². The fourth-order valence-corrected chi connectivity index (χ4v) is 9.14. The van der Waals surface area contributed by atoms with Crippen molar-refractivity contribution in [2.24, 2.45) is 5.92 Å². The Bertz CT molecular complexity index is 1920. The molecular weight excluding hydrogens is 757 g/mol. The molecule has 3 unspecified atom stereocenters. The number of carboxylic acids is 1. The van der Waals surface area contributed by atoms with Crippen molar-refractivity contribution < 1.29 is 47.1 Å². The van der Waals surface area contributed by atoms with Gasteiger partial charge in [-0.2, -0.15) is 0 Å². The Morgan fingerprint density at radius 2 is 1.63 bits per heavy atom. The van der Waals surface area contributed by atoms with Gasteiger partial charge in [0.1, 0.15) is 12.1 Å². The number of carbonyl (C=O) groups excluding carboxylic acids is 6. The molecule has 57 heavy (non-hydrogen) atoms. The molecule has 4 bridgehead atoms. The van der Waals surface area contributed by atoms with E-state index >= 15 is 0 Å². The number of nitrogens with one attached hydrogen (secondary N) is 5. The van der Waals surface area contributed by atoms with Crippen LogP contribution in [0.1, 0.15) is 94.7 Å². The number of ketones is 1. The Morgan fingerprint density at radius 1 is 0.912 bits per heavy atom. The number of sulfonamides is 1. The van der Waals surface area contributed by atoms with Gasteiger partial charge >= 0.3 is 5.97 Å². The lowest BCUT2D eigenvalue weighted by Gasteiger charge is -2.35. The molecule has 1 aliphatic carbocycles. The van der Waals surface area contributed by atoms with Crippen LogP contribution in [0, 0.1) is 5.92 Å².